The highest BCUT2D eigenvalue weighted by atomic mass is 32.1. The third-order valence-corrected chi connectivity index (χ3v) is 4.89. The van der Waals surface area contributed by atoms with Crippen LogP contribution in [0.25, 0.3) is 10.2 Å². The summed E-state index contributed by atoms with van der Waals surface area (Å²) < 4.78 is 6.97. The van der Waals surface area contributed by atoms with E-state index in [0.717, 1.165) is 21.5 Å². The van der Waals surface area contributed by atoms with Gasteiger partial charge in [-0.15, -0.1) is 17.9 Å². The van der Waals surface area contributed by atoms with E-state index in [0.29, 0.717) is 18.0 Å². The first-order valence-corrected chi connectivity index (χ1v) is 8.95. The van der Waals surface area contributed by atoms with Gasteiger partial charge >= 0.3 is 5.97 Å². The Hall–Kier alpha value is -2.93. The Morgan fingerprint density at radius 1 is 1.35 bits per heavy atom. The molecule has 0 aliphatic heterocycles. The normalized spacial score (nSPS) is 10.7. The quantitative estimate of drug-likeness (QED) is 0.513. The van der Waals surface area contributed by atoms with Gasteiger partial charge in [-0.1, -0.05) is 36.4 Å². The maximum absolute atomic E-state index is 12.2. The number of hydrogen-bond acceptors (Lipinski definition) is 5. The molecule has 0 bridgehead atoms. The minimum absolute atomic E-state index is 0.309. The number of esters is 1. The lowest BCUT2D eigenvalue weighted by Crippen LogP contribution is -2.28. The van der Waals surface area contributed by atoms with Gasteiger partial charge in [-0.2, -0.15) is 5.10 Å². The molecule has 2 heterocycles. The third kappa shape index (κ3) is 4.00. The average molecular weight is 369 g/mol. The van der Waals surface area contributed by atoms with E-state index < -0.39 is 5.97 Å². The molecule has 0 unspecified atom stereocenters. The van der Waals surface area contributed by atoms with Crippen LogP contribution < -0.4 is 5.32 Å². The smallest absolute Gasteiger partial charge is 0.348 e. The molecule has 1 aromatic carbocycles. The number of rotatable bonds is 7. The molecule has 7 heteroatoms. The number of nitrogens with one attached hydrogen (secondary N) is 1. The van der Waals surface area contributed by atoms with Gasteiger partial charge < -0.3 is 10.1 Å². The summed E-state index contributed by atoms with van der Waals surface area (Å²) in [6.07, 6.45) is 1.56. The molecule has 26 heavy (non-hydrogen) atoms. The van der Waals surface area contributed by atoms with Crippen molar-refractivity contribution in [2.24, 2.45) is 0 Å². The number of carbonyl (C=O) groups excluding carboxylic acids is 2. The molecule has 1 N–H and O–H groups in total. The Kier molecular flexibility index (Phi) is 5.48. The van der Waals surface area contributed by atoms with Crippen molar-refractivity contribution in [2.45, 2.75) is 13.5 Å². The van der Waals surface area contributed by atoms with Gasteiger partial charge in [0.05, 0.1) is 12.2 Å². The van der Waals surface area contributed by atoms with Crippen LogP contribution in [0.2, 0.25) is 0 Å². The molecule has 0 saturated heterocycles. The van der Waals surface area contributed by atoms with Crippen LogP contribution in [0.1, 0.15) is 20.9 Å². The van der Waals surface area contributed by atoms with Crippen molar-refractivity contribution in [3.8, 4) is 0 Å². The predicted octanol–water partition coefficient (Wildman–Crippen LogP) is 2.91. The predicted molar refractivity (Wildman–Crippen MR) is 101 cm³/mol. The summed E-state index contributed by atoms with van der Waals surface area (Å²) in [5.74, 6) is -0.864. The molecule has 0 aliphatic carbocycles. The highest BCUT2D eigenvalue weighted by molar-refractivity contribution is 7.20. The lowest BCUT2D eigenvalue weighted by molar-refractivity contribution is -0.124. The summed E-state index contributed by atoms with van der Waals surface area (Å²) in [6, 6.07) is 11.8. The zero-order valence-corrected chi connectivity index (χ0v) is 15.2. The second kappa shape index (κ2) is 7.97. The van der Waals surface area contributed by atoms with Crippen LogP contribution in [0.15, 0.2) is 49.1 Å². The zero-order chi connectivity index (χ0) is 18.5. The molecule has 6 nitrogen and oxygen atoms in total. The van der Waals surface area contributed by atoms with E-state index in [4.69, 9.17) is 4.74 Å². The molecule has 0 radical (unpaired) electrons. The first kappa shape index (κ1) is 17.9. The highest BCUT2D eigenvalue weighted by Gasteiger charge is 2.18. The van der Waals surface area contributed by atoms with E-state index in [1.807, 2.05) is 41.9 Å². The molecular formula is C19H19N3O3S. The van der Waals surface area contributed by atoms with Crippen LogP contribution in [-0.2, 0) is 16.1 Å². The van der Waals surface area contributed by atoms with E-state index in [9.17, 15) is 9.59 Å². The third-order valence-electron chi connectivity index (χ3n) is 3.76. The van der Waals surface area contributed by atoms with Crippen LogP contribution in [0.5, 0.6) is 0 Å². The SMILES string of the molecule is C=CCNC(=O)COC(=O)c1cc2c(C)nn(Cc3ccccc3)c2s1. The van der Waals surface area contributed by atoms with Crippen molar-refractivity contribution in [1.82, 2.24) is 15.1 Å². The van der Waals surface area contributed by atoms with Gasteiger partial charge in [0, 0.05) is 11.9 Å². The van der Waals surface area contributed by atoms with Gasteiger partial charge in [0.25, 0.3) is 5.91 Å². The number of benzene rings is 1. The fraction of sp³-hybridized carbons (Fsp3) is 0.211. The zero-order valence-electron chi connectivity index (χ0n) is 14.4. The maximum Gasteiger partial charge on any atom is 0.348 e. The minimum atomic E-state index is -0.509. The van der Waals surface area contributed by atoms with E-state index in [1.165, 1.54) is 11.3 Å². The maximum atomic E-state index is 12.2. The highest BCUT2D eigenvalue weighted by Crippen LogP contribution is 2.29. The number of aryl methyl sites for hydroxylation is 1. The van der Waals surface area contributed by atoms with Gasteiger partial charge in [0.2, 0.25) is 0 Å². The first-order valence-electron chi connectivity index (χ1n) is 8.14. The standard InChI is InChI=1S/C19H19N3O3S/c1-3-9-20-17(23)12-25-19(24)16-10-15-13(2)21-22(18(15)26-16)11-14-7-5-4-6-8-14/h3-8,10H,1,9,11-12H2,2H3,(H,20,23). The molecule has 0 aliphatic rings. The van der Waals surface area contributed by atoms with Gasteiger partial charge in [-0.05, 0) is 18.6 Å². The van der Waals surface area contributed by atoms with Crippen LogP contribution in [0, 0.1) is 6.92 Å². The second-order valence-corrected chi connectivity index (χ2v) is 6.76. The number of ether oxygens (including phenoxy) is 1. The first-order chi connectivity index (χ1) is 12.6. The summed E-state index contributed by atoms with van der Waals surface area (Å²) in [4.78, 5) is 25.1. The number of thiophene rings is 1. The van der Waals surface area contributed by atoms with Crippen LogP contribution in [0.3, 0.4) is 0 Å². The van der Waals surface area contributed by atoms with E-state index in [-0.39, 0.29) is 12.5 Å². The summed E-state index contributed by atoms with van der Waals surface area (Å²) in [5.41, 5.74) is 1.99. The van der Waals surface area contributed by atoms with Crippen molar-refractivity contribution >= 4 is 33.4 Å². The molecule has 134 valence electrons. The van der Waals surface area contributed by atoms with Crippen molar-refractivity contribution in [3.05, 3.63) is 65.2 Å². The summed E-state index contributed by atoms with van der Waals surface area (Å²) in [7, 11) is 0. The van der Waals surface area contributed by atoms with Crippen LogP contribution >= 0.6 is 11.3 Å². The van der Waals surface area contributed by atoms with Crippen LogP contribution in [0.4, 0.5) is 0 Å². The molecule has 2 aromatic heterocycles. The average Bonchev–Trinajstić information content (AvgIpc) is 3.20. The lowest BCUT2D eigenvalue weighted by Gasteiger charge is -2.04. The fourth-order valence-electron chi connectivity index (χ4n) is 2.52. The fourth-order valence-corrected chi connectivity index (χ4v) is 3.57. The molecule has 0 fully saturated rings. The molecular weight excluding hydrogens is 350 g/mol. The Balaban J connectivity index is 1.74. The lowest BCUT2D eigenvalue weighted by atomic mass is 10.2. The second-order valence-electron chi connectivity index (χ2n) is 5.73. The van der Waals surface area contributed by atoms with Crippen molar-refractivity contribution < 1.29 is 14.3 Å². The number of carbonyl (C=O) groups is 2. The topological polar surface area (TPSA) is 73.2 Å². The summed E-state index contributed by atoms with van der Waals surface area (Å²) in [5, 5.41) is 8.04. The Labute approximate surface area is 155 Å². The molecule has 0 atom stereocenters. The molecule has 0 spiro atoms. The van der Waals surface area contributed by atoms with Gasteiger partial charge in [0.15, 0.2) is 6.61 Å². The molecule has 0 saturated carbocycles. The Morgan fingerprint density at radius 3 is 2.85 bits per heavy atom. The number of fused-ring (bicyclic) bond motifs is 1. The Morgan fingerprint density at radius 2 is 2.12 bits per heavy atom. The van der Waals surface area contributed by atoms with Crippen molar-refractivity contribution in [3.63, 3.8) is 0 Å². The van der Waals surface area contributed by atoms with Crippen molar-refractivity contribution in [1.29, 1.82) is 0 Å². The molecule has 3 rings (SSSR count). The number of nitrogens with zero attached hydrogens (tertiary/aromatic N) is 2. The van der Waals surface area contributed by atoms with Gasteiger partial charge in [-0.25, -0.2) is 4.79 Å². The van der Waals surface area contributed by atoms with E-state index in [1.54, 1.807) is 12.1 Å². The monoisotopic (exact) mass is 369 g/mol. The Bertz CT molecular complexity index is 944. The van der Waals surface area contributed by atoms with E-state index >= 15 is 0 Å². The van der Waals surface area contributed by atoms with Gasteiger partial charge in [-0.3, -0.25) is 9.48 Å². The number of amides is 1. The van der Waals surface area contributed by atoms with Crippen molar-refractivity contribution in [2.75, 3.05) is 13.2 Å². The van der Waals surface area contributed by atoms with Gasteiger partial charge in [0.1, 0.15) is 9.71 Å². The molecule has 3 aromatic rings. The van der Waals surface area contributed by atoms with Crippen LogP contribution in [-0.4, -0.2) is 34.8 Å². The minimum Gasteiger partial charge on any atom is -0.451 e. The summed E-state index contributed by atoms with van der Waals surface area (Å²) in [6.45, 7) is 6.08. The van der Waals surface area contributed by atoms with E-state index in [2.05, 4.69) is 17.0 Å². The largest absolute Gasteiger partial charge is 0.451 e. The number of hydrogen-bond donors (Lipinski definition) is 1. The summed E-state index contributed by atoms with van der Waals surface area (Å²) >= 11 is 1.32. The molecule has 1 amide bonds. The number of aromatic nitrogens is 2.